The molecule has 0 bridgehead atoms. The average Bonchev–Trinajstić information content (AvgIpc) is 2.36. The fourth-order valence-electron chi connectivity index (χ4n) is 1.35. The number of halogens is 1. The minimum Gasteiger partial charge on any atom is -0.335 e. The Morgan fingerprint density at radius 2 is 2.31 bits per heavy atom. The van der Waals surface area contributed by atoms with Crippen LogP contribution in [-0.4, -0.2) is 35.1 Å². The number of aryl methyl sites for hydroxylation is 1. The standard InChI is InChI=1S/C8H15ClN4/c1-12(2)6(4-10)7-8(9)11-5-13(7)3/h5-6H,4,10H2,1-3H3. The Kier molecular flexibility index (Phi) is 3.30. The van der Waals surface area contributed by atoms with Gasteiger partial charge in [0.25, 0.3) is 0 Å². The lowest BCUT2D eigenvalue weighted by Crippen LogP contribution is -2.29. The van der Waals surface area contributed by atoms with E-state index < -0.39 is 0 Å². The van der Waals surface area contributed by atoms with Gasteiger partial charge in [-0.15, -0.1) is 0 Å². The Bertz CT molecular complexity index is 262. The number of likely N-dealkylation sites (N-methyl/N-ethyl adjacent to an activating group) is 1. The van der Waals surface area contributed by atoms with Crippen LogP contribution in [0.5, 0.6) is 0 Å². The van der Waals surface area contributed by atoms with Crippen molar-refractivity contribution in [1.82, 2.24) is 14.5 Å². The first kappa shape index (κ1) is 10.5. The molecular formula is C8H15ClN4. The summed E-state index contributed by atoms with van der Waals surface area (Å²) < 4.78 is 1.90. The van der Waals surface area contributed by atoms with E-state index in [2.05, 4.69) is 4.98 Å². The van der Waals surface area contributed by atoms with Gasteiger partial charge in [0.2, 0.25) is 0 Å². The summed E-state index contributed by atoms with van der Waals surface area (Å²) in [5.74, 6) is 0. The first-order chi connectivity index (χ1) is 6.07. The second-order valence-electron chi connectivity index (χ2n) is 3.25. The van der Waals surface area contributed by atoms with E-state index in [9.17, 15) is 0 Å². The maximum Gasteiger partial charge on any atom is 0.151 e. The highest BCUT2D eigenvalue weighted by Gasteiger charge is 2.19. The summed E-state index contributed by atoms with van der Waals surface area (Å²) in [4.78, 5) is 6.04. The van der Waals surface area contributed by atoms with E-state index in [1.165, 1.54) is 0 Å². The van der Waals surface area contributed by atoms with Gasteiger partial charge in [-0.1, -0.05) is 11.6 Å². The smallest absolute Gasteiger partial charge is 0.151 e. The topological polar surface area (TPSA) is 47.1 Å². The molecular weight excluding hydrogens is 188 g/mol. The Balaban J connectivity index is 3.03. The van der Waals surface area contributed by atoms with Crippen molar-refractivity contribution >= 4 is 11.6 Å². The van der Waals surface area contributed by atoms with Crippen molar-refractivity contribution < 1.29 is 0 Å². The molecule has 0 saturated carbocycles. The van der Waals surface area contributed by atoms with Crippen LogP contribution in [0.15, 0.2) is 6.33 Å². The van der Waals surface area contributed by atoms with Crippen LogP contribution in [0.3, 0.4) is 0 Å². The molecule has 1 atom stereocenters. The summed E-state index contributed by atoms with van der Waals surface area (Å²) in [6.07, 6.45) is 1.70. The highest BCUT2D eigenvalue weighted by Crippen LogP contribution is 2.23. The molecule has 0 fully saturated rings. The van der Waals surface area contributed by atoms with Gasteiger partial charge in [0.1, 0.15) is 0 Å². The van der Waals surface area contributed by atoms with Crippen molar-refractivity contribution in [3.05, 3.63) is 17.2 Å². The van der Waals surface area contributed by atoms with Gasteiger partial charge in [0, 0.05) is 13.6 Å². The molecule has 74 valence electrons. The Labute approximate surface area is 83.3 Å². The lowest BCUT2D eigenvalue weighted by atomic mass is 10.2. The molecule has 4 nitrogen and oxygen atoms in total. The van der Waals surface area contributed by atoms with E-state index in [4.69, 9.17) is 17.3 Å². The molecule has 1 aromatic heterocycles. The van der Waals surface area contributed by atoms with Gasteiger partial charge in [0.15, 0.2) is 5.15 Å². The molecule has 0 aliphatic heterocycles. The van der Waals surface area contributed by atoms with E-state index in [1.54, 1.807) is 6.33 Å². The highest BCUT2D eigenvalue weighted by atomic mass is 35.5. The van der Waals surface area contributed by atoms with Crippen LogP contribution >= 0.6 is 11.6 Å². The highest BCUT2D eigenvalue weighted by molar-refractivity contribution is 6.30. The zero-order valence-electron chi connectivity index (χ0n) is 8.16. The number of hydrogen-bond donors (Lipinski definition) is 1. The number of hydrogen-bond acceptors (Lipinski definition) is 3. The molecule has 13 heavy (non-hydrogen) atoms. The fourth-order valence-corrected chi connectivity index (χ4v) is 1.65. The van der Waals surface area contributed by atoms with Crippen molar-refractivity contribution in [2.24, 2.45) is 12.8 Å². The van der Waals surface area contributed by atoms with Crippen LogP contribution in [0.1, 0.15) is 11.7 Å². The Morgan fingerprint density at radius 3 is 2.62 bits per heavy atom. The van der Waals surface area contributed by atoms with Gasteiger partial charge in [0.05, 0.1) is 18.1 Å². The van der Waals surface area contributed by atoms with Gasteiger partial charge in [-0.3, -0.25) is 4.90 Å². The third-order valence-electron chi connectivity index (χ3n) is 2.10. The van der Waals surface area contributed by atoms with Crippen LogP contribution < -0.4 is 5.73 Å². The Morgan fingerprint density at radius 1 is 1.69 bits per heavy atom. The van der Waals surface area contributed by atoms with E-state index in [-0.39, 0.29) is 6.04 Å². The molecule has 0 aromatic carbocycles. The predicted octanol–water partition coefficient (Wildman–Crippen LogP) is 0.635. The van der Waals surface area contributed by atoms with Gasteiger partial charge in [-0.05, 0) is 14.1 Å². The molecule has 5 heteroatoms. The zero-order valence-corrected chi connectivity index (χ0v) is 8.91. The third-order valence-corrected chi connectivity index (χ3v) is 2.39. The van der Waals surface area contributed by atoms with Gasteiger partial charge in [-0.2, -0.15) is 0 Å². The first-order valence-electron chi connectivity index (χ1n) is 4.11. The molecule has 0 saturated heterocycles. The number of aromatic nitrogens is 2. The lowest BCUT2D eigenvalue weighted by Gasteiger charge is -2.23. The maximum absolute atomic E-state index is 5.95. The number of rotatable bonds is 3. The second kappa shape index (κ2) is 4.09. The molecule has 0 aliphatic rings. The average molecular weight is 203 g/mol. The van der Waals surface area contributed by atoms with Crippen LogP contribution in [0.25, 0.3) is 0 Å². The van der Waals surface area contributed by atoms with Gasteiger partial charge < -0.3 is 10.3 Å². The van der Waals surface area contributed by atoms with Crippen LogP contribution in [-0.2, 0) is 7.05 Å². The summed E-state index contributed by atoms with van der Waals surface area (Å²) in [5, 5.41) is 0.534. The monoisotopic (exact) mass is 202 g/mol. The Hall–Kier alpha value is -0.580. The van der Waals surface area contributed by atoms with E-state index >= 15 is 0 Å². The molecule has 1 rings (SSSR count). The predicted molar refractivity (Wildman–Crippen MR) is 53.7 cm³/mol. The zero-order chi connectivity index (χ0) is 10.0. The molecule has 0 aliphatic carbocycles. The summed E-state index contributed by atoms with van der Waals surface area (Å²) in [6, 6.07) is 0.125. The summed E-state index contributed by atoms with van der Waals surface area (Å²) in [6.45, 7) is 0.534. The van der Waals surface area contributed by atoms with Crippen molar-refractivity contribution in [1.29, 1.82) is 0 Å². The minimum atomic E-state index is 0.125. The number of nitrogens with zero attached hydrogens (tertiary/aromatic N) is 3. The molecule has 1 unspecified atom stereocenters. The fraction of sp³-hybridized carbons (Fsp3) is 0.625. The molecule has 0 spiro atoms. The van der Waals surface area contributed by atoms with E-state index in [0.717, 1.165) is 5.69 Å². The maximum atomic E-state index is 5.95. The molecule has 1 heterocycles. The van der Waals surface area contributed by atoms with E-state index in [0.29, 0.717) is 11.7 Å². The summed E-state index contributed by atoms with van der Waals surface area (Å²) in [7, 11) is 5.86. The molecule has 1 aromatic rings. The van der Waals surface area contributed by atoms with Crippen molar-refractivity contribution in [2.45, 2.75) is 6.04 Å². The summed E-state index contributed by atoms with van der Waals surface area (Å²) in [5.41, 5.74) is 6.63. The van der Waals surface area contributed by atoms with Crippen molar-refractivity contribution in [2.75, 3.05) is 20.6 Å². The largest absolute Gasteiger partial charge is 0.335 e. The SMILES string of the molecule is CN(C)C(CN)c1c(Cl)ncn1C. The third kappa shape index (κ3) is 2.02. The molecule has 0 radical (unpaired) electrons. The number of nitrogens with two attached hydrogens (primary N) is 1. The van der Waals surface area contributed by atoms with Crippen molar-refractivity contribution in [3.8, 4) is 0 Å². The van der Waals surface area contributed by atoms with Crippen molar-refractivity contribution in [3.63, 3.8) is 0 Å². The van der Waals surface area contributed by atoms with Gasteiger partial charge in [-0.25, -0.2) is 4.98 Å². The molecule has 2 N–H and O–H groups in total. The molecule has 0 amide bonds. The lowest BCUT2D eigenvalue weighted by molar-refractivity contribution is 0.295. The summed E-state index contributed by atoms with van der Waals surface area (Å²) >= 11 is 5.95. The second-order valence-corrected chi connectivity index (χ2v) is 3.60. The van der Waals surface area contributed by atoms with E-state index in [1.807, 2.05) is 30.6 Å². The first-order valence-corrected chi connectivity index (χ1v) is 4.49. The van der Waals surface area contributed by atoms with Crippen LogP contribution in [0.2, 0.25) is 5.15 Å². The van der Waals surface area contributed by atoms with Crippen LogP contribution in [0.4, 0.5) is 0 Å². The minimum absolute atomic E-state index is 0.125. The quantitative estimate of drug-likeness (QED) is 0.783. The van der Waals surface area contributed by atoms with Crippen LogP contribution in [0, 0.1) is 0 Å². The normalized spacial score (nSPS) is 13.7. The van der Waals surface area contributed by atoms with Gasteiger partial charge >= 0.3 is 0 Å². The number of imidazole rings is 1.